The van der Waals surface area contributed by atoms with E-state index in [-0.39, 0.29) is 23.7 Å². The van der Waals surface area contributed by atoms with Crippen molar-refractivity contribution in [3.05, 3.63) is 59.9 Å². The highest BCUT2D eigenvalue weighted by Crippen LogP contribution is 2.30. The summed E-state index contributed by atoms with van der Waals surface area (Å²) in [6.07, 6.45) is 4.36. The second-order valence-electron chi connectivity index (χ2n) is 7.15. The van der Waals surface area contributed by atoms with Gasteiger partial charge >= 0.3 is 5.97 Å². The zero-order valence-corrected chi connectivity index (χ0v) is 16.4. The highest BCUT2D eigenvalue weighted by atomic mass is 16.5. The van der Waals surface area contributed by atoms with Gasteiger partial charge in [0.2, 0.25) is 11.8 Å². The number of ether oxygens (including phenoxy) is 1. The first-order valence-corrected chi connectivity index (χ1v) is 9.73. The number of carbonyl (C=O) groups excluding carboxylic acids is 3. The molecule has 1 saturated carbocycles. The molecule has 152 valence electrons. The quantitative estimate of drug-likeness (QED) is 0.733. The molecule has 2 aromatic rings. The molecule has 0 bridgehead atoms. The van der Waals surface area contributed by atoms with Crippen LogP contribution in [0.3, 0.4) is 0 Å². The fourth-order valence-electron chi connectivity index (χ4n) is 3.53. The van der Waals surface area contributed by atoms with Gasteiger partial charge in [-0.05, 0) is 56.0 Å². The molecule has 2 N–H and O–H groups in total. The summed E-state index contributed by atoms with van der Waals surface area (Å²) in [5, 5.41) is 5.80. The first-order valence-electron chi connectivity index (χ1n) is 9.73. The van der Waals surface area contributed by atoms with Crippen molar-refractivity contribution in [2.45, 2.75) is 32.2 Å². The molecule has 3 rings (SSSR count). The Balaban J connectivity index is 1.47. The van der Waals surface area contributed by atoms with Gasteiger partial charge in [-0.1, -0.05) is 12.1 Å². The Hall–Kier alpha value is -3.22. The van der Waals surface area contributed by atoms with Gasteiger partial charge in [-0.25, -0.2) is 4.79 Å². The van der Waals surface area contributed by atoms with E-state index in [9.17, 15) is 14.4 Å². The number of hydrogen-bond donors (Lipinski definition) is 2. The van der Waals surface area contributed by atoms with Gasteiger partial charge in [0.1, 0.15) is 0 Å². The number of nitrogens with zero attached hydrogens (tertiary/aromatic N) is 1. The van der Waals surface area contributed by atoms with E-state index in [2.05, 4.69) is 15.6 Å². The molecule has 0 saturated heterocycles. The summed E-state index contributed by atoms with van der Waals surface area (Å²) < 4.78 is 4.70. The molecule has 1 aromatic heterocycles. The number of rotatable bonds is 6. The number of amides is 2. The molecule has 1 aliphatic carbocycles. The van der Waals surface area contributed by atoms with Crippen LogP contribution in [0.15, 0.2) is 48.7 Å². The van der Waals surface area contributed by atoms with Crippen molar-refractivity contribution in [1.82, 2.24) is 10.3 Å². The maximum absolute atomic E-state index is 12.6. The van der Waals surface area contributed by atoms with Crippen LogP contribution in [0.4, 0.5) is 5.69 Å². The van der Waals surface area contributed by atoms with E-state index in [4.69, 9.17) is 4.74 Å². The van der Waals surface area contributed by atoms with E-state index in [0.717, 1.165) is 5.69 Å². The lowest BCUT2D eigenvalue weighted by atomic mass is 9.81. The third-order valence-electron chi connectivity index (χ3n) is 5.19. The van der Waals surface area contributed by atoms with Crippen LogP contribution in [0.1, 0.15) is 41.7 Å². The molecule has 0 radical (unpaired) electrons. The van der Waals surface area contributed by atoms with E-state index in [1.165, 1.54) is 7.11 Å². The lowest BCUT2D eigenvalue weighted by molar-refractivity contribution is -0.128. The van der Waals surface area contributed by atoms with E-state index < -0.39 is 5.97 Å². The van der Waals surface area contributed by atoms with Gasteiger partial charge in [0.25, 0.3) is 0 Å². The summed E-state index contributed by atoms with van der Waals surface area (Å²) in [4.78, 5) is 40.8. The molecule has 7 nitrogen and oxygen atoms in total. The van der Waals surface area contributed by atoms with Gasteiger partial charge in [-0.15, -0.1) is 0 Å². The molecule has 7 heteroatoms. The molecule has 1 heterocycles. The Kier molecular flexibility index (Phi) is 6.94. The van der Waals surface area contributed by atoms with E-state index in [1.807, 2.05) is 18.2 Å². The fourth-order valence-corrected chi connectivity index (χ4v) is 3.53. The normalized spacial score (nSPS) is 18.5. The van der Waals surface area contributed by atoms with Crippen LogP contribution in [0.5, 0.6) is 0 Å². The van der Waals surface area contributed by atoms with E-state index in [1.54, 1.807) is 30.5 Å². The Morgan fingerprint density at radius 3 is 2.38 bits per heavy atom. The molecule has 0 aliphatic heterocycles. The Morgan fingerprint density at radius 1 is 1.00 bits per heavy atom. The maximum atomic E-state index is 12.6. The van der Waals surface area contributed by atoms with Crippen LogP contribution in [-0.4, -0.2) is 29.9 Å². The SMILES string of the molecule is COC(=O)c1cccc(NC(=O)C2CCC(C(=O)NCc3ccccn3)CC2)c1. The van der Waals surface area contributed by atoms with Crippen LogP contribution in [0.2, 0.25) is 0 Å². The van der Waals surface area contributed by atoms with Crippen LogP contribution < -0.4 is 10.6 Å². The Bertz CT molecular complexity index is 861. The van der Waals surface area contributed by atoms with E-state index >= 15 is 0 Å². The van der Waals surface area contributed by atoms with Crippen molar-refractivity contribution < 1.29 is 19.1 Å². The van der Waals surface area contributed by atoms with Crippen LogP contribution in [-0.2, 0) is 20.9 Å². The number of nitrogens with one attached hydrogen (secondary N) is 2. The number of pyridine rings is 1. The first kappa shape index (κ1) is 20.5. The summed E-state index contributed by atoms with van der Waals surface area (Å²) in [6.45, 7) is 0.413. The third kappa shape index (κ3) is 5.63. The monoisotopic (exact) mass is 395 g/mol. The molecule has 1 fully saturated rings. The van der Waals surface area contributed by atoms with Gasteiger partial charge in [0, 0.05) is 23.7 Å². The van der Waals surface area contributed by atoms with E-state index in [0.29, 0.717) is 43.5 Å². The van der Waals surface area contributed by atoms with Crippen molar-refractivity contribution in [2.75, 3.05) is 12.4 Å². The molecule has 1 aromatic carbocycles. The molecular weight excluding hydrogens is 370 g/mol. The zero-order chi connectivity index (χ0) is 20.6. The third-order valence-corrected chi connectivity index (χ3v) is 5.19. The lowest BCUT2D eigenvalue weighted by Gasteiger charge is -2.27. The number of carbonyl (C=O) groups is 3. The fraction of sp³-hybridized carbons (Fsp3) is 0.364. The van der Waals surface area contributed by atoms with Crippen molar-refractivity contribution in [1.29, 1.82) is 0 Å². The largest absolute Gasteiger partial charge is 0.465 e. The standard InChI is InChI=1S/C22H25N3O4/c1-29-22(28)17-5-4-7-18(13-17)25-21(27)16-10-8-15(9-11-16)20(26)24-14-19-6-2-3-12-23-19/h2-7,12-13,15-16H,8-11,14H2,1H3,(H,24,26)(H,25,27). The van der Waals surface area contributed by atoms with Gasteiger partial charge < -0.3 is 15.4 Å². The highest BCUT2D eigenvalue weighted by Gasteiger charge is 2.30. The second-order valence-corrected chi connectivity index (χ2v) is 7.15. The summed E-state index contributed by atoms with van der Waals surface area (Å²) in [5.41, 5.74) is 1.77. The minimum absolute atomic E-state index is 0.0142. The minimum atomic E-state index is -0.446. The van der Waals surface area contributed by atoms with Crippen molar-refractivity contribution in [3.8, 4) is 0 Å². The molecule has 29 heavy (non-hydrogen) atoms. The average Bonchev–Trinajstić information content (AvgIpc) is 2.78. The molecule has 0 atom stereocenters. The highest BCUT2D eigenvalue weighted by molar-refractivity contribution is 5.95. The molecule has 1 aliphatic rings. The summed E-state index contributed by atoms with van der Waals surface area (Å²) in [6, 6.07) is 12.3. The first-order chi connectivity index (χ1) is 14.1. The van der Waals surface area contributed by atoms with Crippen molar-refractivity contribution >= 4 is 23.5 Å². The summed E-state index contributed by atoms with van der Waals surface area (Å²) in [5.74, 6) is -0.736. The number of methoxy groups -OCH3 is 1. The minimum Gasteiger partial charge on any atom is -0.465 e. The number of benzene rings is 1. The average molecular weight is 395 g/mol. The Labute approximate surface area is 169 Å². The van der Waals surface area contributed by atoms with Gasteiger partial charge in [0.05, 0.1) is 24.9 Å². The van der Waals surface area contributed by atoms with Gasteiger partial charge in [0.15, 0.2) is 0 Å². The van der Waals surface area contributed by atoms with Crippen LogP contribution in [0, 0.1) is 11.8 Å². The second kappa shape index (κ2) is 9.82. The lowest BCUT2D eigenvalue weighted by Crippen LogP contribution is -2.35. The number of aromatic nitrogens is 1. The predicted octanol–water partition coefficient (Wildman–Crippen LogP) is 2.93. The van der Waals surface area contributed by atoms with Gasteiger partial charge in [-0.2, -0.15) is 0 Å². The zero-order valence-electron chi connectivity index (χ0n) is 16.4. The Morgan fingerprint density at radius 2 is 1.72 bits per heavy atom. The predicted molar refractivity (Wildman–Crippen MR) is 108 cm³/mol. The van der Waals surface area contributed by atoms with Crippen molar-refractivity contribution in [2.24, 2.45) is 11.8 Å². The molecule has 0 unspecified atom stereocenters. The maximum Gasteiger partial charge on any atom is 0.337 e. The number of hydrogen-bond acceptors (Lipinski definition) is 5. The molecule has 2 amide bonds. The van der Waals surface area contributed by atoms with Crippen LogP contribution in [0.25, 0.3) is 0 Å². The molecular formula is C22H25N3O4. The number of esters is 1. The smallest absolute Gasteiger partial charge is 0.337 e. The topological polar surface area (TPSA) is 97.4 Å². The summed E-state index contributed by atoms with van der Waals surface area (Å²) >= 11 is 0. The van der Waals surface area contributed by atoms with Crippen LogP contribution >= 0.6 is 0 Å². The van der Waals surface area contributed by atoms with Crippen molar-refractivity contribution in [3.63, 3.8) is 0 Å². The number of anilines is 1. The molecule has 0 spiro atoms. The van der Waals surface area contributed by atoms with Gasteiger partial charge in [-0.3, -0.25) is 14.6 Å². The summed E-state index contributed by atoms with van der Waals surface area (Å²) in [7, 11) is 1.32.